The topological polar surface area (TPSA) is 25.2 Å². The third-order valence-corrected chi connectivity index (χ3v) is 3.78. The fraction of sp³-hybridized carbons (Fsp3) is 0.556. The van der Waals surface area contributed by atoms with E-state index in [1.165, 1.54) is 37.5 Å². The molecule has 1 heterocycles. The summed E-state index contributed by atoms with van der Waals surface area (Å²) in [4.78, 5) is 0. The van der Waals surface area contributed by atoms with E-state index in [2.05, 4.69) is 37.4 Å². The Morgan fingerprint density at radius 1 is 1.05 bits per heavy atom. The van der Waals surface area contributed by atoms with Gasteiger partial charge in [-0.15, -0.1) is 0 Å². The maximum Gasteiger partial charge on any atom is 0.134 e. The lowest BCUT2D eigenvalue weighted by Gasteiger charge is -2.16. The molecule has 0 saturated carbocycles. The lowest BCUT2D eigenvalue weighted by atomic mass is 10.0. The first-order valence-corrected chi connectivity index (χ1v) is 8.07. The van der Waals surface area contributed by atoms with Gasteiger partial charge in [0.1, 0.15) is 11.3 Å². The third-order valence-electron chi connectivity index (χ3n) is 3.78. The van der Waals surface area contributed by atoms with Crippen molar-refractivity contribution in [2.45, 2.75) is 58.4 Å². The molecule has 0 aliphatic carbocycles. The third kappa shape index (κ3) is 4.11. The summed E-state index contributed by atoms with van der Waals surface area (Å²) in [5, 5.41) is 4.84. The van der Waals surface area contributed by atoms with Gasteiger partial charge in [0, 0.05) is 5.39 Å². The number of furan rings is 1. The van der Waals surface area contributed by atoms with Crippen molar-refractivity contribution in [2.24, 2.45) is 0 Å². The molecule has 0 spiro atoms. The molecule has 1 aromatic heterocycles. The highest BCUT2D eigenvalue weighted by molar-refractivity contribution is 5.77. The highest BCUT2D eigenvalue weighted by atomic mass is 16.3. The Balaban J connectivity index is 2.04. The quantitative estimate of drug-likeness (QED) is 0.615. The van der Waals surface area contributed by atoms with E-state index in [9.17, 15) is 0 Å². The maximum atomic E-state index is 6.02. The number of benzene rings is 1. The predicted octanol–water partition coefficient (Wildman–Crippen LogP) is 5.44. The van der Waals surface area contributed by atoms with Crippen molar-refractivity contribution in [1.82, 2.24) is 5.32 Å². The number of hydrogen-bond acceptors (Lipinski definition) is 2. The second-order valence-electron chi connectivity index (χ2n) is 5.54. The summed E-state index contributed by atoms with van der Waals surface area (Å²) in [6.07, 6.45) is 7.54. The Morgan fingerprint density at radius 3 is 2.65 bits per heavy atom. The summed E-state index contributed by atoms with van der Waals surface area (Å²) in [5.74, 6) is 1.09. The molecule has 1 atom stereocenters. The predicted molar refractivity (Wildman–Crippen MR) is 86.0 cm³/mol. The largest absolute Gasteiger partial charge is 0.459 e. The zero-order valence-electron chi connectivity index (χ0n) is 12.8. The lowest BCUT2D eigenvalue weighted by Crippen LogP contribution is -2.21. The van der Waals surface area contributed by atoms with Crippen molar-refractivity contribution in [2.75, 3.05) is 6.54 Å². The van der Waals surface area contributed by atoms with Gasteiger partial charge in [-0.3, -0.25) is 0 Å². The van der Waals surface area contributed by atoms with Crippen molar-refractivity contribution in [1.29, 1.82) is 0 Å². The van der Waals surface area contributed by atoms with E-state index >= 15 is 0 Å². The Morgan fingerprint density at radius 2 is 1.90 bits per heavy atom. The van der Waals surface area contributed by atoms with Gasteiger partial charge in [-0.05, 0) is 31.5 Å². The first-order valence-electron chi connectivity index (χ1n) is 8.07. The molecular formula is C18H27NO. The second-order valence-corrected chi connectivity index (χ2v) is 5.54. The summed E-state index contributed by atoms with van der Waals surface area (Å²) in [6, 6.07) is 10.8. The van der Waals surface area contributed by atoms with Crippen LogP contribution in [0.2, 0.25) is 0 Å². The Kier molecular flexibility index (Phi) is 6.13. The lowest BCUT2D eigenvalue weighted by molar-refractivity contribution is 0.397. The minimum absolute atomic E-state index is 0.360. The van der Waals surface area contributed by atoms with Crippen LogP contribution in [0.1, 0.15) is 64.2 Å². The number of hydrogen-bond donors (Lipinski definition) is 1. The number of para-hydroxylation sites is 1. The van der Waals surface area contributed by atoms with Gasteiger partial charge in [0.2, 0.25) is 0 Å². The summed E-state index contributed by atoms with van der Waals surface area (Å²) < 4.78 is 6.02. The van der Waals surface area contributed by atoms with Gasteiger partial charge in [0.15, 0.2) is 0 Å². The van der Waals surface area contributed by atoms with Crippen molar-refractivity contribution < 1.29 is 4.42 Å². The van der Waals surface area contributed by atoms with Crippen molar-refractivity contribution in [3.63, 3.8) is 0 Å². The fourth-order valence-electron chi connectivity index (χ4n) is 2.61. The van der Waals surface area contributed by atoms with E-state index in [0.29, 0.717) is 6.04 Å². The van der Waals surface area contributed by atoms with Crippen LogP contribution in [0, 0.1) is 0 Å². The number of rotatable bonds is 9. The molecule has 2 aromatic rings. The summed E-state index contributed by atoms with van der Waals surface area (Å²) in [6.45, 7) is 5.52. The normalized spacial score (nSPS) is 12.9. The van der Waals surface area contributed by atoms with E-state index < -0.39 is 0 Å². The van der Waals surface area contributed by atoms with Gasteiger partial charge in [-0.2, -0.15) is 0 Å². The molecule has 2 nitrogen and oxygen atoms in total. The maximum absolute atomic E-state index is 6.02. The zero-order valence-corrected chi connectivity index (χ0v) is 12.8. The van der Waals surface area contributed by atoms with E-state index in [1.807, 2.05) is 12.1 Å². The zero-order chi connectivity index (χ0) is 14.2. The first-order chi connectivity index (χ1) is 9.85. The van der Waals surface area contributed by atoms with Crippen LogP contribution >= 0.6 is 0 Å². The number of unbranched alkanes of at least 4 members (excludes halogenated alkanes) is 3. The molecule has 2 rings (SSSR count). The SMILES string of the molecule is CCCCCCC(NCCC)c1cc2ccccc2o1. The molecule has 0 fully saturated rings. The van der Waals surface area contributed by atoms with Crippen LogP contribution in [-0.4, -0.2) is 6.54 Å². The molecule has 0 aliphatic heterocycles. The van der Waals surface area contributed by atoms with Crippen LogP contribution < -0.4 is 5.32 Å². The molecule has 1 N–H and O–H groups in total. The number of fused-ring (bicyclic) bond motifs is 1. The van der Waals surface area contributed by atoms with E-state index in [1.54, 1.807) is 0 Å². The van der Waals surface area contributed by atoms with Gasteiger partial charge >= 0.3 is 0 Å². The molecule has 110 valence electrons. The summed E-state index contributed by atoms with van der Waals surface area (Å²) in [7, 11) is 0. The number of nitrogens with one attached hydrogen (secondary N) is 1. The minimum Gasteiger partial charge on any atom is -0.459 e. The molecule has 1 unspecified atom stereocenters. The average molecular weight is 273 g/mol. The molecule has 0 saturated heterocycles. The van der Waals surface area contributed by atoms with Gasteiger partial charge in [-0.25, -0.2) is 0 Å². The summed E-state index contributed by atoms with van der Waals surface area (Å²) in [5.41, 5.74) is 0.999. The van der Waals surface area contributed by atoms with E-state index in [-0.39, 0.29) is 0 Å². The van der Waals surface area contributed by atoms with Gasteiger partial charge in [0.05, 0.1) is 6.04 Å². The highest BCUT2D eigenvalue weighted by Gasteiger charge is 2.15. The van der Waals surface area contributed by atoms with Crippen molar-refractivity contribution in [3.05, 3.63) is 36.1 Å². The Labute approximate surface area is 122 Å². The standard InChI is InChI=1S/C18H27NO/c1-3-5-6-7-11-16(19-13-4-2)18-14-15-10-8-9-12-17(15)20-18/h8-10,12,14,16,19H,3-7,11,13H2,1-2H3. The van der Waals surface area contributed by atoms with Crippen LogP contribution in [0.25, 0.3) is 11.0 Å². The molecule has 2 heteroatoms. The molecule has 0 bridgehead atoms. The highest BCUT2D eigenvalue weighted by Crippen LogP contribution is 2.27. The molecule has 0 radical (unpaired) electrons. The van der Waals surface area contributed by atoms with Crippen LogP contribution in [0.15, 0.2) is 34.7 Å². The van der Waals surface area contributed by atoms with Gasteiger partial charge in [-0.1, -0.05) is 57.7 Å². The van der Waals surface area contributed by atoms with E-state index in [4.69, 9.17) is 4.42 Å². The Bertz CT molecular complexity index is 470. The molecule has 20 heavy (non-hydrogen) atoms. The van der Waals surface area contributed by atoms with Crippen molar-refractivity contribution >= 4 is 11.0 Å². The molecule has 0 amide bonds. The molecule has 1 aromatic carbocycles. The molecule has 0 aliphatic rings. The smallest absolute Gasteiger partial charge is 0.134 e. The monoisotopic (exact) mass is 273 g/mol. The van der Waals surface area contributed by atoms with Gasteiger partial charge in [0.25, 0.3) is 0 Å². The molecular weight excluding hydrogens is 246 g/mol. The second kappa shape index (κ2) is 8.11. The van der Waals surface area contributed by atoms with Crippen LogP contribution in [0.4, 0.5) is 0 Å². The average Bonchev–Trinajstić information content (AvgIpc) is 2.90. The van der Waals surface area contributed by atoms with Crippen LogP contribution in [-0.2, 0) is 0 Å². The fourth-order valence-corrected chi connectivity index (χ4v) is 2.61. The van der Waals surface area contributed by atoms with Crippen molar-refractivity contribution in [3.8, 4) is 0 Å². The van der Waals surface area contributed by atoms with Crippen LogP contribution in [0.3, 0.4) is 0 Å². The Hall–Kier alpha value is -1.28. The van der Waals surface area contributed by atoms with Gasteiger partial charge < -0.3 is 9.73 Å². The van der Waals surface area contributed by atoms with Crippen LogP contribution in [0.5, 0.6) is 0 Å². The first kappa shape index (κ1) is 15.1. The van der Waals surface area contributed by atoms with E-state index in [0.717, 1.165) is 24.3 Å². The summed E-state index contributed by atoms with van der Waals surface area (Å²) >= 11 is 0. The minimum atomic E-state index is 0.360.